The van der Waals surface area contributed by atoms with Crippen molar-refractivity contribution in [2.75, 3.05) is 41.3 Å². The minimum Gasteiger partial charge on any atom is -0.368 e. The monoisotopic (exact) mass is 324 g/mol. The number of hydrogen-bond donors (Lipinski definition) is 1. The summed E-state index contributed by atoms with van der Waals surface area (Å²) in [6, 6.07) is 7.09. The van der Waals surface area contributed by atoms with Gasteiger partial charge < -0.3 is 15.1 Å². The predicted octanol–water partition coefficient (Wildman–Crippen LogP) is 2.39. The van der Waals surface area contributed by atoms with Gasteiger partial charge in [-0.15, -0.1) is 5.10 Å². The highest BCUT2D eigenvalue weighted by molar-refractivity contribution is 5.57. The smallest absolute Gasteiger partial charge is 0.244 e. The maximum absolute atomic E-state index is 4.63. The third kappa shape index (κ3) is 3.13. The molecule has 6 heteroatoms. The molecule has 2 aliphatic rings. The molecule has 2 fully saturated rings. The van der Waals surface area contributed by atoms with Crippen LogP contribution >= 0.6 is 0 Å². The minimum absolute atomic E-state index is 0.545. The van der Waals surface area contributed by atoms with Gasteiger partial charge in [0.15, 0.2) is 5.82 Å². The number of nitrogens with zero attached hydrogens (tertiary/aromatic N) is 5. The summed E-state index contributed by atoms with van der Waals surface area (Å²) in [5.74, 6) is 1.58. The van der Waals surface area contributed by atoms with Gasteiger partial charge in [-0.25, -0.2) is 0 Å². The van der Waals surface area contributed by atoms with E-state index in [-0.39, 0.29) is 0 Å². The third-order valence-electron chi connectivity index (χ3n) is 4.98. The number of rotatable bonds is 4. The number of piperazine rings is 1. The van der Waals surface area contributed by atoms with Crippen LogP contribution in [0.4, 0.5) is 17.5 Å². The maximum atomic E-state index is 4.63. The Hall–Kier alpha value is -2.37. The first-order valence-corrected chi connectivity index (χ1v) is 8.73. The molecule has 1 N–H and O–H groups in total. The van der Waals surface area contributed by atoms with E-state index in [0.717, 1.165) is 32.0 Å². The van der Waals surface area contributed by atoms with Crippen LogP contribution in [0.3, 0.4) is 0 Å². The van der Waals surface area contributed by atoms with Crippen molar-refractivity contribution in [1.82, 2.24) is 15.2 Å². The summed E-state index contributed by atoms with van der Waals surface area (Å²) in [7, 11) is 0. The van der Waals surface area contributed by atoms with Gasteiger partial charge in [0.2, 0.25) is 5.95 Å². The second-order valence-corrected chi connectivity index (χ2v) is 6.75. The number of aryl methyl sites for hydroxylation is 1. The van der Waals surface area contributed by atoms with Gasteiger partial charge in [0.05, 0.1) is 6.20 Å². The van der Waals surface area contributed by atoms with Crippen LogP contribution in [0.2, 0.25) is 0 Å². The van der Waals surface area contributed by atoms with Crippen LogP contribution in [0.1, 0.15) is 24.0 Å². The van der Waals surface area contributed by atoms with Crippen LogP contribution in [-0.2, 0) is 0 Å². The highest BCUT2D eigenvalue weighted by Gasteiger charge is 2.24. The lowest BCUT2D eigenvalue weighted by atomic mass is 10.1. The number of aromatic nitrogens is 3. The lowest BCUT2D eigenvalue weighted by molar-refractivity contribution is 0.643. The molecule has 1 aliphatic carbocycles. The molecule has 1 aromatic heterocycles. The van der Waals surface area contributed by atoms with E-state index in [2.05, 4.69) is 62.3 Å². The molecule has 0 atom stereocenters. The van der Waals surface area contributed by atoms with Gasteiger partial charge in [-0.2, -0.15) is 10.1 Å². The van der Waals surface area contributed by atoms with Crippen LogP contribution in [0, 0.1) is 13.8 Å². The Morgan fingerprint density at radius 3 is 2.54 bits per heavy atom. The maximum Gasteiger partial charge on any atom is 0.244 e. The minimum atomic E-state index is 0.545. The van der Waals surface area contributed by atoms with Crippen molar-refractivity contribution in [1.29, 1.82) is 0 Å². The van der Waals surface area contributed by atoms with Crippen LogP contribution in [0.15, 0.2) is 24.4 Å². The molecule has 4 rings (SSSR count). The summed E-state index contributed by atoms with van der Waals surface area (Å²) < 4.78 is 0. The van der Waals surface area contributed by atoms with Crippen molar-refractivity contribution in [3.8, 4) is 0 Å². The molecule has 6 nitrogen and oxygen atoms in total. The van der Waals surface area contributed by atoms with E-state index in [0.29, 0.717) is 12.0 Å². The molecular weight excluding hydrogens is 300 g/mol. The molecule has 0 bridgehead atoms. The van der Waals surface area contributed by atoms with E-state index in [1.807, 2.05) is 0 Å². The van der Waals surface area contributed by atoms with E-state index >= 15 is 0 Å². The van der Waals surface area contributed by atoms with Gasteiger partial charge in [0.25, 0.3) is 0 Å². The Morgan fingerprint density at radius 2 is 1.79 bits per heavy atom. The Bertz CT molecular complexity index is 719. The number of benzene rings is 1. The quantitative estimate of drug-likeness (QED) is 0.932. The van der Waals surface area contributed by atoms with Crippen LogP contribution in [-0.4, -0.2) is 47.4 Å². The van der Waals surface area contributed by atoms with Crippen molar-refractivity contribution in [2.45, 2.75) is 32.7 Å². The molecule has 0 unspecified atom stereocenters. The number of nitrogens with one attached hydrogen (secondary N) is 1. The standard InChI is InChI=1S/C18H24N6/c1-13-4-3-5-16(14(13)2)23-8-10-24(11-9-23)17-12-19-22-18(21-17)20-15-6-7-15/h3-5,12,15H,6-11H2,1-2H3,(H,20,21,22). The third-order valence-corrected chi connectivity index (χ3v) is 4.98. The molecule has 2 heterocycles. The van der Waals surface area contributed by atoms with Crippen molar-refractivity contribution >= 4 is 17.5 Å². The topological polar surface area (TPSA) is 57.2 Å². The number of hydrogen-bond acceptors (Lipinski definition) is 6. The largest absolute Gasteiger partial charge is 0.368 e. The first-order valence-electron chi connectivity index (χ1n) is 8.73. The zero-order valence-corrected chi connectivity index (χ0v) is 14.4. The SMILES string of the molecule is Cc1cccc(N2CCN(c3cnnc(NC4CC4)n3)CC2)c1C. The van der Waals surface area contributed by atoms with Crippen molar-refractivity contribution in [3.63, 3.8) is 0 Å². The molecule has 126 valence electrons. The molecule has 1 saturated carbocycles. The summed E-state index contributed by atoms with van der Waals surface area (Å²) in [5, 5.41) is 11.5. The summed E-state index contributed by atoms with van der Waals surface area (Å²) in [5.41, 5.74) is 4.09. The van der Waals surface area contributed by atoms with Crippen molar-refractivity contribution in [2.24, 2.45) is 0 Å². The highest BCUT2D eigenvalue weighted by atomic mass is 15.3. The molecular formula is C18H24N6. The molecule has 1 aromatic carbocycles. The summed E-state index contributed by atoms with van der Waals surface area (Å²) in [6.45, 7) is 8.29. The zero-order chi connectivity index (χ0) is 16.5. The molecule has 0 amide bonds. The van der Waals surface area contributed by atoms with Gasteiger partial charge in [0.1, 0.15) is 0 Å². The Kier molecular flexibility index (Phi) is 3.96. The fourth-order valence-electron chi connectivity index (χ4n) is 3.17. The van der Waals surface area contributed by atoms with E-state index in [1.54, 1.807) is 6.20 Å². The Labute approximate surface area is 142 Å². The van der Waals surface area contributed by atoms with Crippen LogP contribution < -0.4 is 15.1 Å². The van der Waals surface area contributed by atoms with Gasteiger partial charge >= 0.3 is 0 Å². The predicted molar refractivity (Wildman–Crippen MR) is 96.8 cm³/mol. The summed E-state index contributed by atoms with van der Waals surface area (Å²) in [4.78, 5) is 9.40. The molecule has 0 spiro atoms. The first kappa shape index (κ1) is 15.2. The average molecular weight is 324 g/mol. The van der Waals surface area contributed by atoms with E-state index in [4.69, 9.17) is 0 Å². The van der Waals surface area contributed by atoms with E-state index in [1.165, 1.54) is 29.7 Å². The Morgan fingerprint density at radius 1 is 1.04 bits per heavy atom. The fraction of sp³-hybridized carbons (Fsp3) is 0.500. The van der Waals surface area contributed by atoms with Gasteiger partial charge in [-0.05, 0) is 43.9 Å². The molecule has 2 aromatic rings. The average Bonchev–Trinajstić information content (AvgIpc) is 3.42. The zero-order valence-electron chi connectivity index (χ0n) is 14.4. The fourth-order valence-corrected chi connectivity index (χ4v) is 3.17. The second kappa shape index (κ2) is 6.26. The van der Waals surface area contributed by atoms with E-state index in [9.17, 15) is 0 Å². The van der Waals surface area contributed by atoms with E-state index < -0.39 is 0 Å². The first-order chi connectivity index (χ1) is 11.7. The lowest BCUT2D eigenvalue weighted by Gasteiger charge is -2.37. The van der Waals surface area contributed by atoms with Crippen molar-refractivity contribution in [3.05, 3.63) is 35.5 Å². The number of anilines is 3. The highest BCUT2D eigenvalue weighted by Crippen LogP contribution is 2.26. The van der Waals surface area contributed by atoms with Gasteiger partial charge in [-0.3, -0.25) is 0 Å². The second-order valence-electron chi connectivity index (χ2n) is 6.75. The summed E-state index contributed by atoms with van der Waals surface area (Å²) in [6.07, 6.45) is 4.19. The molecule has 1 aliphatic heterocycles. The molecule has 0 radical (unpaired) electrons. The lowest BCUT2D eigenvalue weighted by Crippen LogP contribution is -2.47. The normalized spacial score (nSPS) is 17.9. The van der Waals surface area contributed by atoms with Crippen LogP contribution in [0.5, 0.6) is 0 Å². The van der Waals surface area contributed by atoms with Gasteiger partial charge in [0, 0.05) is 37.9 Å². The molecule has 1 saturated heterocycles. The molecule has 24 heavy (non-hydrogen) atoms. The van der Waals surface area contributed by atoms with Crippen LogP contribution in [0.25, 0.3) is 0 Å². The van der Waals surface area contributed by atoms with Crippen molar-refractivity contribution < 1.29 is 0 Å². The Balaban J connectivity index is 1.43. The van der Waals surface area contributed by atoms with Gasteiger partial charge in [-0.1, -0.05) is 12.1 Å². The summed E-state index contributed by atoms with van der Waals surface area (Å²) >= 11 is 0.